The molecule has 6 nitrogen and oxygen atoms in total. The Bertz CT molecular complexity index is 1740. The molecule has 2 heterocycles. The van der Waals surface area contributed by atoms with E-state index in [1.165, 1.54) is 36.4 Å². The lowest BCUT2D eigenvalue weighted by molar-refractivity contribution is -0.138. The Kier molecular flexibility index (Phi) is 5.51. The first-order valence-corrected chi connectivity index (χ1v) is 13.2. The molecule has 2 aliphatic heterocycles. The van der Waals surface area contributed by atoms with Crippen molar-refractivity contribution in [2.75, 3.05) is 9.80 Å². The zero-order chi connectivity index (χ0) is 28.5. The van der Waals surface area contributed by atoms with Crippen LogP contribution in [0.15, 0.2) is 103 Å². The fourth-order valence-electron chi connectivity index (χ4n) is 6.96. The summed E-state index contributed by atoms with van der Waals surface area (Å²) in [7, 11) is 0. The van der Waals surface area contributed by atoms with E-state index in [0.717, 1.165) is 27.5 Å². The standard InChI is InChI=1S/C33H22F2N2O4/c34-20-10-14-22(15-11-20)36-29(38)26-24-8-4-5-9-25(24)27-30(39)37(23-16-12-21(35)13-17-23)32(41)33(27,28(26)31(36)40)18-19-6-2-1-3-7-19/h1-17,26-28H,18H2/t26-,27+,28+,33-/m1/s1. The molecule has 0 unspecified atom stereocenters. The molecule has 4 amide bonds. The number of anilines is 2. The van der Waals surface area contributed by atoms with Crippen LogP contribution in [-0.2, 0) is 25.6 Å². The Labute approximate surface area is 233 Å². The molecular weight excluding hydrogens is 526 g/mol. The Balaban J connectivity index is 1.49. The molecule has 0 spiro atoms. The predicted molar refractivity (Wildman–Crippen MR) is 146 cm³/mol. The van der Waals surface area contributed by atoms with Crippen LogP contribution in [0.25, 0.3) is 0 Å². The molecule has 7 rings (SSSR count). The van der Waals surface area contributed by atoms with Crippen LogP contribution >= 0.6 is 0 Å². The largest absolute Gasteiger partial charge is 0.274 e. The first-order valence-electron chi connectivity index (χ1n) is 13.2. The minimum Gasteiger partial charge on any atom is -0.274 e. The summed E-state index contributed by atoms with van der Waals surface area (Å²) in [5, 5.41) is 0. The average Bonchev–Trinajstić information content (AvgIpc) is 3.37. The molecule has 3 aliphatic rings. The van der Waals surface area contributed by atoms with Gasteiger partial charge in [0.1, 0.15) is 11.6 Å². The predicted octanol–water partition coefficient (Wildman–Crippen LogP) is 5.14. The maximum atomic E-state index is 14.7. The SMILES string of the molecule is O=C1[C@@H]2c3ccccc3[C@H]3C(=O)N(c4ccc(F)cc4)C(=O)[C@@]3(Cc3ccccc3)[C@@H]2C(=O)N1c1ccc(F)cc1. The van der Waals surface area contributed by atoms with Gasteiger partial charge in [0.25, 0.3) is 0 Å². The Morgan fingerprint density at radius 1 is 0.585 bits per heavy atom. The van der Waals surface area contributed by atoms with E-state index >= 15 is 0 Å². The molecule has 4 atom stereocenters. The summed E-state index contributed by atoms with van der Waals surface area (Å²) in [6.45, 7) is 0. The van der Waals surface area contributed by atoms with E-state index in [4.69, 9.17) is 0 Å². The van der Waals surface area contributed by atoms with Crippen molar-refractivity contribution in [3.63, 3.8) is 0 Å². The van der Waals surface area contributed by atoms with Crippen LogP contribution in [0.5, 0.6) is 0 Å². The van der Waals surface area contributed by atoms with Crippen molar-refractivity contribution in [3.8, 4) is 0 Å². The van der Waals surface area contributed by atoms with Crippen LogP contribution in [0, 0.1) is 23.0 Å². The lowest BCUT2D eigenvalue weighted by Crippen LogP contribution is -2.51. The van der Waals surface area contributed by atoms with Crippen molar-refractivity contribution >= 4 is 35.0 Å². The van der Waals surface area contributed by atoms with E-state index in [1.807, 2.05) is 18.2 Å². The molecule has 0 radical (unpaired) electrons. The number of carbonyl (C=O) groups excluding carboxylic acids is 4. The van der Waals surface area contributed by atoms with Crippen LogP contribution in [0.2, 0.25) is 0 Å². The van der Waals surface area contributed by atoms with E-state index in [2.05, 4.69) is 0 Å². The van der Waals surface area contributed by atoms with Gasteiger partial charge in [-0.2, -0.15) is 0 Å². The highest BCUT2D eigenvalue weighted by atomic mass is 19.1. The van der Waals surface area contributed by atoms with Gasteiger partial charge in [0, 0.05) is 0 Å². The lowest BCUT2D eigenvalue weighted by atomic mass is 9.54. The molecular formula is C33H22F2N2O4. The van der Waals surface area contributed by atoms with Gasteiger partial charge in [-0.1, -0.05) is 54.6 Å². The molecule has 4 aromatic carbocycles. The normalized spacial score (nSPS) is 24.9. The second-order valence-electron chi connectivity index (χ2n) is 10.7. The highest BCUT2D eigenvalue weighted by Crippen LogP contribution is 2.63. The number of hydrogen-bond acceptors (Lipinski definition) is 4. The van der Waals surface area contributed by atoms with Gasteiger partial charge in [-0.3, -0.25) is 19.2 Å². The highest BCUT2D eigenvalue weighted by Gasteiger charge is 2.73. The Hall–Kier alpha value is -4.98. The summed E-state index contributed by atoms with van der Waals surface area (Å²) in [5.74, 6) is -6.67. The van der Waals surface area contributed by atoms with E-state index in [0.29, 0.717) is 11.1 Å². The molecule has 8 heteroatoms. The Morgan fingerprint density at radius 3 is 1.73 bits per heavy atom. The van der Waals surface area contributed by atoms with Crippen LogP contribution in [0.1, 0.15) is 28.5 Å². The van der Waals surface area contributed by atoms with Crippen LogP contribution in [0.4, 0.5) is 20.2 Å². The number of nitrogens with zero attached hydrogens (tertiary/aromatic N) is 2. The summed E-state index contributed by atoms with van der Waals surface area (Å²) in [5.41, 5.74) is 0.466. The minimum absolute atomic E-state index is 0.0204. The third kappa shape index (κ3) is 3.46. The topological polar surface area (TPSA) is 74.8 Å². The molecule has 0 bridgehead atoms. The zero-order valence-corrected chi connectivity index (χ0v) is 21.5. The molecule has 0 N–H and O–H groups in total. The maximum absolute atomic E-state index is 14.7. The fourth-order valence-corrected chi connectivity index (χ4v) is 6.96. The van der Waals surface area contributed by atoms with E-state index < -0.39 is 58.4 Å². The van der Waals surface area contributed by atoms with Crippen molar-refractivity contribution in [3.05, 3.63) is 131 Å². The van der Waals surface area contributed by atoms with Gasteiger partial charge in [-0.05, 0) is 71.6 Å². The summed E-state index contributed by atoms with van der Waals surface area (Å²) < 4.78 is 27.6. The zero-order valence-electron chi connectivity index (χ0n) is 21.5. The van der Waals surface area contributed by atoms with Gasteiger partial charge < -0.3 is 0 Å². The van der Waals surface area contributed by atoms with Crippen molar-refractivity contribution in [2.45, 2.75) is 18.3 Å². The number of hydrogen-bond donors (Lipinski definition) is 0. The molecule has 0 aromatic heterocycles. The number of benzene rings is 4. The summed E-state index contributed by atoms with van der Waals surface area (Å²) >= 11 is 0. The van der Waals surface area contributed by atoms with E-state index in [-0.39, 0.29) is 17.8 Å². The molecule has 202 valence electrons. The first-order chi connectivity index (χ1) is 19.8. The van der Waals surface area contributed by atoms with Crippen LogP contribution in [0.3, 0.4) is 0 Å². The lowest BCUT2D eigenvalue weighted by Gasteiger charge is -2.43. The summed E-state index contributed by atoms with van der Waals surface area (Å²) in [6, 6.07) is 26.1. The van der Waals surface area contributed by atoms with Crippen molar-refractivity contribution in [1.29, 1.82) is 0 Å². The van der Waals surface area contributed by atoms with Crippen molar-refractivity contribution in [2.24, 2.45) is 11.3 Å². The fraction of sp³-hybridized carbons (Fsp3) is 0.152. The molecule has 0 saturated carbocycles. The first kappa shape index (κ1) is 25.0. The smallest absolute Gasteiger partial charge is 0.242 e. The number of halogens is 2. The van der Waals surface area contributed by atoms with Crippen LogP contribution in [-0.4, -0.2) is 23.6 Å². The number of carbonyl (C=O) groups is 4. The second kappa shape index (κ2) is 9.02. The number of amides is 4. The molecule has 2 fully saturated rings. The van der Waals surface area contributed by atoms with Gasteiger partial charge >= 0.3 is 0 Å². The van der Waals surface area contributed by atoms with Gasteiger partial charge in [0.2, 0.25) is 23.6 Å². The van der Waals surface area contributed by atoms with Gasteiger partial charge in [0.15, 0.2) is 0 Å². The molecule has 41 heavy (non-hydrogen) atoms. The number of imide groups is 2. The third-order valence-corrected chi connectivity index (χ3v) is 8.60. The third-order valence-electron chi connectivity index (χ3n) is 8.60. The number of fused-ring (bicyclic) bond motifs is 6. The van der Waals surface area contributed by atoms with E-state index in [9.17, 15) is 28.0 Å². The monoisotopic (exact) mass is 548 g/mol. The number of rotatable bonds is 4. The quantitative estimate of drug-likeness (QED) is 0.331. The molecule has 4 aromatic rings. The highest BCUT2D eigenvalue weighted by molar-refractivity contribution is 6.31. The van der Waals surface area contributed by atoms with Crippen molar-refractivity contribution in [1.82, 2.24) is 0 Å². The van der Waals surface area contributed by atoms with Crippen LogP contribution < -0.4 is 9.80 Å². The Morgan fingerprint density at radius 2 is 1.12 bits per heavy atom. The van der Waals surface area contributed by atoms with Crippen molar-refractivity contribution < 1.29 is 28.0 Å². The average molecular weight is 549 g/mol. The minimum atomic E-state index is -1.65. The molecule has 2 saturated heterocycles. The second-order valence-corrected chi connectivity index (χ2v) is 10.7. The maximum Gasteiger partial charge on any atom is 0.242 e. The van der Waals surface area contributed by atoms with Gasteiger partial charge in [-0.15, -0.1) is 0 Å². The summed E-state index contributed by atoms with van der Waals surface area (Å²) in [4.78, 5) is 59.6. The van der Waals surface area contributed by atoms with Gasteiger partial charge in [-0.25, -0.2) is 18.6 Å². The molecule has 1 aliphatic carbocycles. The van der Waals surface area contributed by atoms with Gasteiger partial charge in [0.05, 0.1) is 34.5 Å². The summed E-state index contributed by atoms with van der Waals surface area (Å²) in [6.07, 6.45) is 0.0204. The van der Waals surface area contributed by atoms with E-state index in [1.54, 1.807) is 36.4 Å².